The van der Waals surface area contributed by atoms with Crippen LogP contribution in [0.5, 0.6) is 0 Å². The summed E-state index contributed by atoms with van der Waals surface area (Å²) in [7, 11) is 0. The smallest absolute Gasteiger partial charge is 0.296 e. The van der Waals surface area contributed by atoms with Crippen molar-refractivity contribution in [3.8, 4) is 40.7 Å². The van der Waals surface area contributed by atoms with Gasteiger partial charge in [-0.2, -0.15) is 14.6 Å². The summed E-state index contributed by atoms with van der Waals surface area (Å²) in [6.07, 6.45) is 1.47. The molecule has 0 amide bonds. The van der Waals surface area contributed by atoms with E-state index in [0.717, 1.165) is 4.90 Å². The molecule has 0 aliphatic carbocycles. The highest BCUT2D eigenvalue weighted by Gasteiger charge is 2.42. The minimum atomic E-state index is -1.72. The lowest BCUT2D eigenvalue weighted by Crippen LogP contribution is -2.36. The molecule has 31 heavy (non-hydrogen) atoms. The summed E-state index contributed by atoms with van der Waals surface area (Å²) in [6, 6.07) is 12.7. The zero-order valence-electron chi connectivity index (χ0n) is 15.5. The largest absolute Gasteiger partial charge is 0.330 e. The number of benzene rings is 2. The van der Waals surface area contributed by atoms with Crippen molar-refractivity contribution in [3.63, 3.8) is 0 Å². The van der Waals surface area contributed by atoms with E-state index in [4.69, 9.17) is 4.52 Å². The summed E-state index contributed by atoms with van der Waals surface area (Å²) >= 11 is 0. The molecule has 150 valence electrons. The molecule has 6 rings (SSSR count). The van der Waals surface area contributed by atoms with Crippen LogP contribution in [0.1, 0.15) is 0 Å². The zero-order valence-corrected chi connectivity index (χ0v) is 15.5. The van der Waals surface area contributed by atoms with E-state index in [1.54, 1.807) is 28.8 Å². The van der Waals surface area contributed by atoms with Crippen LogP contribution in [0, 0.1) is 17.3 Å². The number of alkyl halides is 1. The van der Waals surface area contributed by atoms with Gasteiger partial charge in [-0.1, -0.05) is 17.3 Å². The Kier molecular flexibility index (Phi) is 3.46. The minimum absolute atomic E-state index is 0.0455. The van der Waals surface area contributed by atoms with Gasteiger partial charge in [-0.3, -0.25) is 9.47 Å². The third kappa shape index (κ3) is 2.39. The highest BCUT2D eigenvalue weighted by atomic mass is 19.1. The number of hydrogen-bond acceptors (Lipinski definition) is 8. The summed E-state index contributed by atoms with van der Waals surface area (Å²) in [5, 5.41) is 21.7. The van der Waals surface area contributed by atoms with Crippen molar-refractivity contribution in [2.75, 3.05) is 4.90 Å². The van der Waals surface area contributed by atoms with E-state index >= 15 is 4.39 Å². The molecule has 4 aromatic rings. The third-order valence-electron chi connectivity index (χ3n) is 5.08. The maximum absolute atomic E-state index is 15.0. The molecule has 1 unspecified atom stereocenters. The summed E-state index contributed by atoms with van der Waals surface area (Å²) in [6.45, 7) is 0. The number of anilines is 1. The molecule has 9 nitrogen and oxygen atoms in total. The molecule has 1 atom stereocenters. The van der Waals surface area contributed by atoms with Crippen molar-refractivity contribution in [1.29, 1.82) is 5.26 Å². The Hall–Kier alpha value is -4.59. The SMILES string of the molecule is N#CN1C=C2N(c3ccccc3-c3nnc(-c4nc(-c5ccc(F)cc5)no4)n32)C1F. The molecule has 0 radical (unpaired) electrons. The lowest BCUT2D eigenvalue weighted by Gasteiger charge is -2.31. The third-order valence-corrected chi connectivity index (χ3v) is 5.08. The second-order valence-electron chi connectivity index (χ2n) is 6.81. The van der Waals surface area contributed by atoms with Gasteiger partial charge in [0.25, 0.3) is 12.3 Å². The van der Waals surface area contributed by atoms with Gasteiger partial charge in [0.05, 0.1) is 11.9 Å². The molecule has 2 aromatic carbocycles. The molecule has 4 heterocycles. The van der Waals surface area contributed by atoms with Crippen molar-refractivity contribution in [1.82, 2.24) is 29.8 Å². The van der Waals surface area contributed by atoms with Crippen LogP contribution in [0.15, 0.2) is 59.3 Å². The standard InChI is InChI=1S/C20H10F2N8O/c21-12-7-5-11(6-8-12)16-24-19(31-27-16)18-26-25-17-13-3-1-2-4-14(13)29-15(30(17)18)9-28(10-23)20(29)22/h1-9,20H. The normalized spacial score (nSPS) is 16.4. The Labute approximate surface area is 173 Å². The van der Waals surface area contributed by atoms with Gasteiger partial charge in [0.2, 0.25) is 11.6 Å². The van der Waals surface area contributed by atoms with Crippen molar-refractivity contribution < 1.29 is 13.3 Å². The molecule has 0 saturated carbocycles. The summed E-state index contributed by atoms with van der Waals surface area (Å²) in [5.74, 6) is 0.875. The Morgan fingerprint density at radius 3 is 2.61 bits per heavy atom. The molecule has 0 fully saturated rings. The summed E-state index contributed by atoms with van der Waals surface area (Å²) in [5.41, 5.74) is 1.75. The molecule has 2 aromatic heterocycles. The fourth-order valence-corrected chi connectivity index (χ4v) is 3.68. The van der Waals surface area contributed by atoms with Gasteiger partial charge >= 0.3 is 0 Å². The first-order valence-electron chi connectivity index (χ1n) is 9.14. The van der Waals surface area contributed by atoms with Gasteiger partial charge < -0.3 is 4.52 Å². The number of halogens is 2. The quantitative estimate of drug-likeness (QED) is 0.362. The molecule has 0 N–H and O–H groups in total. The molecule has 0 spiro atoms. The average molecular weight is 416 g/mol. The Bertz CT molecular complexity index is 1400. The highest BCUT2D eigenvalue weighted by molar-refractivity contribution is 5.90. The van der Waals surface area contributed by atoms with Gasteiger partial charge in [-0.15, -0.1) is 10.2 Å². The van der Waals surface area contributed by atoms with E-state index in [0.29, 0.717) is 28.5 Å². The topological polar surface area (TPSA) is 99.9 Å². The van der Waals surface area contributed by atoms with Gasteiger partial charge in [0.1, 0.15) is 11.6 Å². The van der Waals surface area contributed by atoms with Crippen LogP contribution in [-0.4, -0.2) is 36.2 Å². The van der Waals surface area contributed by atoms with E-state index < -0.39 is 6.42 Å². The molecule has 2 aliphatic rings. The Morgan fingerprint density at radius 2 is 1.81 bits per heavy atom. The maximum atomic E-state index is 15.0. The first kappa shape index (κ1) is 17.3. The van der Waals surface area contributed by atoms with Crippen LogP contribution in [-0.2, 0) is 0 Å². The van der Waals surface area contributed by atoms with Crippen LogP contribution < -0.4 is 4.90 Å². The van der Waals surface area contributed by atoms with Crippen LogP contribution >= 0.6 is 0 Å². The minimum Gasteiger partial charge on any atom is -0.330 e. The Morgan fingerprint density at radius 1 is 1.03 bits per heavy atom. The Balaban J connectivity index is 1.52. The van der Waals surface area contributed by atoms with Gasteiger partial charge in [-0.25, -0.2) is 9.29 Å². The van der Waals surface area contributed by atoms with Crippen LogP contribution in [0.4, 0.5) is 14.5 Å². The number of aromatic nitrogens is 5. The predicted octanol–water partition coefficient (Wildman–Crippen LogP) is 3.43. The molecule has 0 saturated heterocycles. The lowest BCUT2D eigenvalue weighted by atomic mass is 10.1. The lowest BCUT2D eigenvalue weighted by molar-refractivity contribution is 0.209. The molecular formula is C20H10F2N8O. The van der Waals surface area contributed by atoms with E-state index in [9.17, 15) is 9.65 Å². The number of rotatable bonds is 2. The maximum Gasteiger partial charge on any atom is 0.296 e. The summed E-state index contributed by atoms with van der Waals surface area (Å²) in [4.78, 5) is 6.61. The molecule has 11 heteroatoms. The van der Waals surface area contributed by atoms with Crippen molar-refractivity contribution in [3.05, 3.63) is 60.5 Å². The number of nitriles is 1. The number of hydrogen-bond donors (Lipinski definition) is 0. The van der Waals surface area contributed by atoms with E-state index in [-0.39, 0.29) is 23.4 Å². The second-order valence-corrected chi connectivity index (χ2v) is 6.81. The molecular weight excluding hydrogens is 406 g/mol. The van der Waals surface area contributed by atoms with E-state index in [1.165, 1.54) is 35.4 Å². The van der Waals surface area contributed by atoms with Gasteiger partial charge in [0, 0.05) is 11.1 Å². The monoisotopic (exact) mass is 416 g/mol. The molecule has 0 bridgehead atoms. The first-order chi connectivity index (χ1) is 15.2. The van der Waals surface area contributed by atoms with Crippen molar-refractivity contribution in [2.45, 2.75) is 6.42 Å². The number of nitrogens with zero attached hydrogens (tertiary/aromatic N) is 8. The van der Waals surface area contributed by atoms with Crippen molar-refractivity contribution in [2.24, 2.45) is 0 Å². The summed E-state index contributed by atoms with van der Waals surface area (Å²) < 4.78 is 35.2. The predicted molar refractivity (Wildman–Crippen MR) is 103 cm³/mol. The average Bonchev–Trinajstić information content (AvgIpc) is 3.51. The highest BCUT2D eigenvalue weighted by Crippen LogP contribution is 2.45. The fraction of sp³-hybridized carbons (Fsp3) is 0.0500. The zero-order chi connectivity index (χ0) is 21.1. The number of para-hydroxylation sites is 1. The number of fused-ring (bicyclic) bond motifs is 6. The van der Waals surface area contributed by atoms with E-state index in [1.807, 2.05) is 6.19 Å². The van der Waals surface area contributed by atoms with E-state index in [2.05, 4.69) is 20.3 Å². The van der Waals surface area contributed by atoms with Crippen LogP contribution in [0.25, 0.3) is 40.3 Å². The van der Waals surface area contributed by atoms with Crippen molar-refractivity contribution >= 4 is 11.5 Å². The van der Waals surface area contributed by atoms with Gasteiger partial charge in [0.15, 0.2) is 12.0 Å². The first-order valence-corrected chi connectivity index (χ1v) is 9.14. The van der Waals surface area contributed by atoms with Crippen LogP contribution in [0.2, 0.25) is 0 Å². The fourth-order valence-electron chi connectivity index (χ4n) is 3.68. The second kappa shape index (κ2) is 6.20. The van der Waals surface area contributed by atoms with Gasteiger partial charge in [-0.05, 0) is 36.4 Å². The molecule has 2 aliphatic heterocycles. The van der Waals surface area contributed by atoms with Crippen LogP contribution in [0.3, 0.4) is 0 Å².